The molecule has 1 N–H and O–H groups in total. The molecular weight excluding hydrogens is 314 g/mol. The first-order valence-electron chi connectivity index (χ1n) is 9.15. The smallest absolute Gasteiger partial charge is 0.333 e. The Balaban J connectivity index is 1.58. The van der Waals surface area contributed by atoms with Crippen LogP contribution in [0.4, 0.5) is 5.69 Å². The molecule has 1 amide bonds. The zero-order valence-electron chi connectivity index (χ0n) is 14.7. The van der Waals surface area contributed by atoms with Crippen molar-refractivity contribution in [3.63, 3.8) is 0 Å². The fourth-order valence-electron chi connectivity index (χ4n) is 5.63. The van der Waals surface area contributed by atoms with E-state index in [0.29, 0.717) is 23.8 Å². The molecule has 0 saturated heterocycles. The van der Waals surface area contributed by atoms with Crippen LogP contribution in [0.1, 0.15) is 45.4 Å². The predicted octanol–water partition coefficient (Wildman–Crippen LogP) is 4.08. The van der Waals surface area contributed by atoms with Crippen LogP contribution in [0.15, 0.2) is 42.5 Å². The van der Waals surface area contributed by atoms with Crippen molar-refractivity contribution < 1.29 is 14.3 Å². The number of esters is 1. The van der Waals surface area contributed by atoms with Gasteiger partial charge in [-0.15, -0.1) is 0 Å². The molecule has 0 aromatic heterocycles. The number of anilines is 1. The number of hydrogen-bond donors (Lipinski definition) is 1. The van der Waals surface area contributed by atoms with Crippen LogP contribution in [0.25, 0.3) is 0 Å². The Morgan fingerprint density at radius 2 is 1.76 bits per heavy atom. The molecule has 0 radical (unpaired) electrons. The normalized spacial score (nSPS) is 35.2. The second kappa shape index (κ2) is 5.72. The largest absolute Gasteiger partial charge is 0.456 e. The number of carbonyl (C=O) groups is 2. The summed E-state index contributed by atoms with van der Waals surface area (Å²) in [6.07, 6.45) is 5.41. The maximum Gasteiger partial charge on any atom is 0.333 e. The van der Waals surface area contributed by atoms with Crippen molar-refractivity contribution in [1.29, 1.82) is 0 Å². The lowest BCUT2D eigenvalue weighted by Gasteiger charge is -2.60. The van der Waals surface area contributed by atoms with E-state index in [1.807, 2.05) is 30.3 Å². The van der Waals surface area contributed by atoms with Gasteiger partial charge in [0.25, 0.3) is 0 Å². The highest BCUT2D eigenvalue weighted by Crippen LogP contribution is 2.63. The highest BCUT2D eigenvalue weighted by molar-refractivity contribution is 5.96. The minimum atomic E-state index is -0.478. The fourth-order valence-corrected chi connectivity index (χ4v) is 5.63. The molecule has 4 nitrogen and oxygen atoms in total. The predicted molar refractivity (Wildman–Crippen MR) is 95.8 cm³/mol. The standard InChI is InChI=1S/C21H25NO3/c1-14(2)18(23)25-21-11-15-8-16(12-21)10-20(9-15,13-21)19(24)22-17-6-4-3-5-7-17/h3-7,15-16H,1,8-13H2,2H3,(H,22,24). The van der Waals surface area contributed by atoms with Gasteiger partial charge in [-0.1, -0.05) is 24.8 Å². The molecule has 0 spiro atoms. The van der Waals surface area contributed by atoms with E-state index < -0.39 is 11.0 Å². The lowest BCUT2D eigenvalue weighted by molar-refractivity contribution is -0.199. The summed E-state index contributed by atoms with van der Waals surface area (Å²) in [5.74, 6) is 0.713. The monoisotopic (exact) mass is 339 g/mol. The molecule has 25 heavy (non-hydrogen) atoms. The minimum absolute atomic E-state index is 0.0866. The first kappa shape index (κ1) is 16.4. The van der Waals surface area contributed by atoms with Gasteiger partial charge >= 0.3 is 5.97 Å². The minimum Gasteiger partial charge on any atom is -0.456 e. The van der Waals surface area contributed by atoms with Gasteiger partial charge in [0.05, 0.1) is 5.41 Å². The molecule has 2 atom stereocenters. The van der Waals surface area contributed by atoms with Crippen molar-refractivity contribution in [3.8, 4) is 0 Å². The number of nitrogens with one attached hydrogen (secondary N) is 1. The van der Waals surface area contributed by atoms with Crippen molar-refractivity contribution in [3.05, 3.63) is 42.5 Å². The van der Waals surface area contributed by atoms with Crippen LogP contribution < -0.4 is 5.32 Å². The number of amides is 1. The number of hydrogen-bond acceptors (Lipinski definition) is 3. The molecule has 4 fully saturated rings. The highest BCUT2D eigenvalue weighted by Gasteiger charge is 2.62. The second-order valence-electron chi connectivity index (χ2n) is 8.41. The summed E-state index contributed by atoms with van der Waals surface area (Å²) in [7, 11) is 0. The van der Waals surface area contributed by atoms with Gasteiger partial charge in [-0.2, -0.15) is 0 Å². The summed E-state index contributed by atoms with van der Waals surface area (Å²) in [4.78, 5) is 25.3. The third kappa shape index (κ3) is 2.88. The number of rotatable bonds is 4. The molecule has 4 bridgehead atoms. The van der Waals surface area contributed by atoms with Crippen molar-refractivity contribution >= 4 is 17.6 Å². The summed E-state index contributed by atoms with van der Waals surface area (Å²) in [5, 5.41) is 3.10. The van der Waals surface area contributed by atoms with E-state index in [-0.39, 0.29) is 11.9 Å². The molecule has 4 aliphatic rings. The van der Waals surface area contributed by atoms with Crippen LogP contribution in [0.3, 0.4) is 0 Å². The van der Waals surface area contributed by atoms with Crippen molar-refractivity contribution in [1.82, 2.24) is 0 Å². The fraction of sp³-hybridized carbons (Fsp3) is 0.524. The van der Waals surface area contributed by atoms with Crippen LogP contribution in [-0.2, 0) is 14.3 Å². The molecule has 4 aliphatic carbocycles. The van der Waals surface area contributed by atoms with E-state index in [0.717, 1.165) is 37.8 Å². The van der Waals surface area contributed by atoms with Gasteiger partial charge in [0, 0.05) is 17.7 Å². The van der Waals surface area contributed by atoms with Gasteiger partial charge in [-0.05, 0) is 63.0 Å². The number of ether oxygens (including phenoxy) is 1. The van der Waals surface area contributed by atoms with Gasteiger partial charge in [0.1, 0.15) is 5.60 Å². The highest BCUT2D eigenvalue weighted by atomic mass is 16.6. The van der Waals surface area contributed by atoms with Gasteiger partial charge in [0.15, 0.2) is 0 Å². The van der Waals surface area contributed by atoms with E-state index in [1.165, 1.54) is 0 Å². The second-order valence-corrected chi connectivity index (χ2v) is 8.41. The van der Waals surface area contributed by atoms with Crippen molar-refractivity contribution in [2.24, 2.45) is 17.3 Å². The number of carbonyl (C=O) groups excluding carboxylic acids is 2. The molecule has 0 heterocycles. The van der Waals surface area contributed by atoms with Crippen LogP contribution >= 0.6 is 0 Å². The average molecular weight is 339 g/mol. The van der Waals surface area contributed by atoms with Crippen LogP contribution in [0.5, 0.6) is 0 Å². The van der Waals surface area contributed by atoms with Gasteiger partial charge in [-0.25, -0.2) is 4.79 Å². The molecule has 0 aliphatic heterocycles. The van der Waals surface area contributed by atoms with Crippen LogP contribution in [-0.4, -0.2) is 17.5 Å². The van der Waals surface area contributed by atoms with E-state index in [4.69, 9.17) is 4.74 Å². The first-order chi connectivity index (χ1) is 11.9. The zero-order chi connectivity index (χ0) is 17.7. The third-order valence-corrected chi connectivity index (χ3v) is 6.18. The quantitative estimate of drug-likeness (QED) is 0.664. The lowest BCUT2D eigenvalue weighted by atomic mass is 9.47. The Bertz CT molecular complexity index is 710. The Labute approximate surface area is 148 Å². The summed E-state index contributed by atoms with van der Waals surface area (Å²) in [5.41, 5.74) is 0.374. The molecule has 132 valence electrons. The van der Waals surface area contributed by atoms with E-state index in [2.05, 4.69) is 11.9 Å². The molecule has 1 aromatic rings. The van der Waals surface area contributed by atoms with E-state index in [1.54, 1.807) is 6.92 Å². The van der Waals surface area contributed by atoms with Crippen LogP contribution in [0, 0.1) is 17.3 Å². The Morgan fingerprint density at radius 1 is 1.12 bits per heavy atom. The number of para-hydroxylation sites is 1. The Hall–Kier alpha value is -2.10. The lowest BCUT2D eigenvalue weighted by Crippen LogP contribution is -2.60. The molecule has 5 rings (SSSR count). The molecule has 4 saturated carbocycles. The maximum absolute atomic E-state index is 13.2. The molecule has 1 aromatic carbocycles. The van der Waals surface area contributed by atoms with E-state index >= 15 is 0 Å². The summed E-state index contributed by atoms with van der Waals surface area (Å²) in [6, 6.07) is 9.61. The summed E-state index contributed by atoms with van der Waals surface area (Å²) >= 11 is 0. The summed E-state index contributed by atoms with van der Waals surface area (Å²) in [6.45, 7) is 5.39. The SMILES string of the molecule is C=C(C)C(=O)OC12CC3CC(C1)CC(C(=O)Nc1ccccc1)(C3)C2. The third-order valence-electron chi connectivity index (χ3n) is 6.18. The summed E-state index contributed by atoms with van der Waals surface area (Å²) < 4.78 is 5.92. The van der Waals surface area contributed by atoms with Gasteiger partial charge in [0.2, 0.25) is 5.91 Å². The van der Waals surface area contributed by atoms with Crippen molar-refractivity contribution in [2.75, 3.05) is 5.32 Å². The maximum atomic E-state index is 13.2. The van der Waals surface area contributed by atoms with Gasteiger partial charge < -0.3 is 10.1 Å². The molecule has 2 unspecified atom stereocenters. The number of benzene rings is 1. The Kier molecular flexibility index (Phi) is 3.75. The molecule has 4 heteroatoms. The first-order valence-corrected chi connectivity index (χ1v) is 9.15. The molecular formula is C21H25NO3. The topological polar surface area (TPSA) is 55.4 Å². The Morgan fingerprint density at radius 3 is 2.36 bits per heavy atom. The van der Waals surface area contributed by atoms with Crippen molar-refractivity contribution in [2.45, 2.75) is 51.0 Å². The van der Waals surface area contributed by atoms with Gasteiger partial charge in [-0.3, -0.25) is 4.79 Å². The van der Waals surface area contributed by atoms with Crippen LogP contribution in [0.2, 0.25) is 0 Å². The average Bonchev–Trinajstić information content (AvgIpc) is 2.54. The zero-order valence-corrected chi connectivity index (χ0v) is 14.7. The van der Waals surface area contributed by atoms with E-state index in [9.17, 15) is 9.59 Å².